The highest BCUT2D eigenvalue weighted by molar-refractivity contribution is 5.79. The zero-order valence-electron chi connectivity index (χ0n) is 13.0. The van der Waals surface area contributed by atoms with E-state index in [-0.39, 0.29) is 11.8 Å². The summed E-state index contributed by atoms with van der Waals surface area (Å²) in [6, 6.07) is 8.33. The van der Waals surface area contributed by atoms with E-state index in [1.54, 1.807) is 0 Å². The van der Waals surface area contributed by atoms with Crippen molar-refractivity contribution in [1.29, 1.82) is 0 Å². The Morgan fingerprint density at radius 2 is 2.14 bits per heavy atom. The Morgan fingerprint density at radius 1 is 1.32 bits per heavy atom. The molecule has 2 fully saturated rings. The number of para-hydroxylation sites is 1. The van der Waals surface area contributed by atoms with Crippen LogP contribution >= 0.6 is 0 Å². The van der Waals surface area contributed by atoms with E-state index in [0.717, 1.165) is 52.2 Å². The molecule has 1 amide bonds. The lowest BCUT2D eigenvalue weighted by atomic mass is 9.99. The van der Waals surface area contributed by atoms with Gasteiger partial charge in [-0.25, -0.2) is 0 Å². The predicted octanol–water partition coefficient (Wildman–Crippen LogP) is 1.14. The maximum Gasteiger partial charge on any atom is 0.224 e. The van der Waals surface area contributed by atoms with E-state index < -0.39 is 0 Å². The van der Waals surface area contributed by atoms with Crippen LogP contribution in [0, 0.1) is 5.92 Å². The summed E-state index contributed by atoms with van der Waals surface area (Å²) < 4.78 is 5.42. The summed E-state index contributed by atoms with van der Waals surface area (Å²) in [6.45, 7) is 5.81. The van der Waals surface area contributed by atoms with E-state index in [0.29, 0.717) is 6.54 Å². The van der Waals surface area contributed by atoms with E-state index in [9.17, 15) is 4.79 Å². The third-order valence-electron chi connectivity index (χ3n) is 4.46. The number of ether oxygens (including phenoxy) is 1. The third kappa shape index (κ3) is 3.78. The maximum atomic E-state index is 12.3. The monoisotopic (exact) mass is 303 g/mol. The smallest absolute Gasteiger partial charge is 0.224 e. The van der Waals surface area contributed by atoms with Crippen LogP contribution in [0.1, 0.15) is 18.4 Å². The van der Waals surface area contributed by atoms with Crippen molar-refractivity contribution in [3.63, 3.8) is 0 Å². The van der Waals surface area contributed by atoms with E-state index in [1.807, 2.05) is 6.07 Å². The molecule has 0 aliphatic carbocycles. The minimum Gasteiger partial charge on any atom is -0.378 e. The van der Waals surface area contributed by atoms with Crippen LogP contribution in [0.5, 0.6) is 0 Å². The van der Waals surface area contributed by atoms with Crippen LogP contribution in [0.4, 0.5) is 5.69 Å². The second kappa shape index (κ2) is 7.61. The van der Waals surface area contributed by atoms with Gasteiger partial charge in [-0.05, 0) is 31.0 Å². The number of rotatable bonds is 4. The van der Waals surface area contributed by atoms with Crippen LogP contribution in [0.25, 0.3) is 0 Å². The first kappa shape index (κ1) is 15.3. The molecule has 1 aromatic carbocycles. The molecule has 5 nitrogen and oxygen atoms in total. The zero-order chi connectivity index (χ0) is 15.2. The first-order valence-corrected chi connectivity index (χ1v) is 8.23. The number of carbonyl (C=O) groups excluding carboxylic acids is 1. The minimum absolute atomic E-state index is 0.115. The highest BCUT2D eigenvalue weighted by atomic mass is 16.5. The summed E-state index contributed by atoms with van der Waals surface area (Å²) >= 11 is 0. The number of hydrogen-bond acceptors (Lipinski definition) is 4. The topological polar surface area (TPSA) is 53.6 Å². The fourth-order valence-corrected chi connectivity index (χ4v) is 3.18. The molecule has 2 aliphatic heterocycles. The van der Waals surface area contributed by atoms with Gasteiger partial charge in [-0.15, -0.1) is 0 Å². The number of nitrogens with zero attached hydrogens (tertiary/aromatic N) is 1. The van der Waals surface area contributed by atoms with Gasteiger partial charge in [-0.3, -0.25) is 4.79 Å². The van der Waals surface area contributed by atoms with Crippen LogP contribution < -0.4 is 15.5 Å². The first-order chi connectivity index (χ1) is 10.8. The molecule has 2 saturated heterocycles. The van der Waals surface area contributed by atoms with Crippen molar-refractivity contribution < 1.29 is 9.53 Å². The SMILES string of the molecule is O=C(NCc1ccccc1N1CCOCC1)C1CCCNC1. The Kier molecular flexibility index (Phi) is 5.29. The van der Waals surface area contributed by atoms with Gasteiger partial charge in [-0.1, -0.05) is 18.2 Å². The number of morpholine rings is 1. The van der Waals surface area contributed by atoms with Gasteiger partial charge in [0.15, 0.2) is 0 Å². The molecular formula is C17H25N3O2. The number of benzene rings is 1. The highest BCUT2D eigenvalue weighted by Gasteiger charge is 2.21. The van der Waals surface area contributed by atoms with Gasteiger partial charge in [0, 0.05) is 31.9 Å². The summed E-state index contributed by atoms with van der Waals surface area (Å²) in [5.74, 6) is 0.285. The summed E-state index contributed by atoms with van der Waals surface area (Å²) in [5, 5.41) is 6.41. The van der Waals surface area contributed by atoms with E-state index in [4.69, 9.17) is 4.74 Å². The first-order valence-electron chi connectivity index (χ1n) is 8.23. The Hall–Kier alpha value is -1.59. The largest absolute Gasteiger partial charge is 0.378 e. The summed E-state index contributed by atoms with van der Waals surface area (Å²) in [7, 11) is 0. The molecule has 0 bridgehead atoms. The lowest BCUT2D eigenvalue weighted by Gasteiger charge is -2.31. The molecule has 1 unspecified atom stereocenters. The van der Waals surface area contributed by atoms with E-state index >= 15 is 0 Å². The quantitative estimate of drug-likeness (QED) is 0.876. The van der Waals surface area contributed by atoms with Crippen molar-refractivity contribution in [3.8, 4) is 0 Å². The Bertz CT molecular complexity index is 494. The van der Waals surface area contributed by atoms with Crippen molar-refractivity contribution in [2.75, 3.05) is 44.3 Å². The van der Waals surface area contributed by atoms with Crippen molar-refractivity contribution >= 4 is 11.6 Å². The van der Waals surface area contributed by atoms with Crippen LogP contribution in [-0.4, -0.2) is 45.3 Å². The summed E-state index contributed by atoms with van der Waals surface area (Å²) in [4.78, 5) is 14.6. The van der Waals surface area contributed by atoms with Crippen molar-refractivity contribution in [2.45, 2.75) is 19.4 Å². The molecule has 0 radical (unpaired) electrons. The second-order valence-electron chi connectivity index (χ2n) is 5.99. The summed E-state index contributed by atoms with van der Waals surface area (Å²) in [5.41, 5.74) is 2.40. The molecule has 0 aromatic heterocycles. The lowest BCUT2D eigenvalue weighted by molar-refractivity contribution is -0.125. The second-order valence-corrected chi connectivity index (χ2v) is 5.99. The number of hydrogen-bond donors (Lipinski definition) is 2. The Labute approximate surface area is 132 Å². The van der Waals surface area contributed by atoms with Crippen molar-refractivity contribution in [2.24, 2.45) is 5.92 Å². The number of nitrogens with one attached hydrogen (secondary N) is 2. The van der Waals surface area contributed by atoms with Gasteiger partial charge in [0.25, 0.3) is 0 Å². The molecule has 0 spiro atoms. The van der Waals surface area contributed by atoms with Crippen LogP contribution in [0.15, 0.2) is 24.3 Å². The van der Waals surface area contributed by atoms with Crippen LogP contribution in [0.2, 0.25) is 0 Å². The fourth-order valence-electron chi connectivity index (χ4n) is 3.18. The average Bonchev–Trinajstić information content (AvgIpc) is 2.61. The molecule has 2 aliphatic rings. The summed E-state index contributed by atoms with van der Waals surface area (Å²) in [6.07, 6.45) is 2.08. The predicted molar refractivity (Wildman–Crippen MR) is 86.9 cm³/mol. The van der Waals surface area contributed by atoms with Gasteiger partial charge in [-0.2, -0.15) is 0 Å². The standard InChI is InChI=1S/C17H25N3O2/c21-17(15-5-3-7-18-12-15)19-13-14-4-1-2-6-16(14)20-8-10-22-11-9-20/h1-2,4,6,15,18H,3,5,7-13H2,(H,19,21). The molecule has 5 heteroatoms. The zero-order valence-corrected chi connectivity index (χ0v) is 13.0. The highest BCUT2D eigenvalue weighted by Crippen LogP contribution is 2.21. The molecule has 2 N–H and O–H groups in total. The number of anilines is 1. The normalized spacial score (nSPS) is 22.4. The van der Waals surface area contributed by atoms with Crippen molar-refractivity contribution in [1.82, 2.24) is 10.6 Å². The van der Waals surface area contributed by atoms with Crippen LogP contribution in [0.3, 0.4) is 0 Å². The van der Waals surface area contributed by atoms with Gasteiger partial charge < -0.3 is 20.3 Å². The Morgan fingerprint density at radius 3 is 2.91 bits per heavy atom. The molecule has 0 saturated carbocycles. The maximum absolute atomic E-state index is 12.3. The third-order valence-corrected chi connectivity index (χ3v) is 4.46. The van der Waals surface area contributed by atoms with Gasteiger partial charge in [0.2, 0.25) is 5.91 Å². The molecule has 22 heavy (non-hydrogen) atoms. The molecule has 1 aromatic rings. The minimum atomic E-state index is 0.115. The van der Waals surface area contributed by atoms with Gasteiger partial charge in [0.05, 0.1) is 19.1 Å². The molecular weight excluding hydrogens is 278 g/mol. The van der Waals surface area contributed by atoms with Crippen molar-refractivity contribution in [3.05, 3.63) is 29.8 Å². The van der Waals surface area contributed by atoms with Crippen LogP contribution in [-0.2, 0) is 16.1 Å². The van der Waals surface area contributed by atoms with E-state index in [2.05, 4.69) is 33.7 Å². The Balaban J connectivity index is 1.60. The number of piperidine rings is 1. The number of carbonyl (C=O) groups is 1. The fraction of sp³-hybridized carbons (Fsp3) is 0.588. The lowest BCUT2D eigenvalue weighted by Crippen LogP contribution is -2.41. The molecule has 120 valence electrons. The molecule has 3 rings (SSSR count). The van der Waals surface area contributed by atoms with Gasteiger partial charge in [0.1, 0.15) is 0 Å². The molecule has 2 heterocycles. The van der Waals surface area contributed by atoms with Gasteiger partial charge >= 0.3 is 0 Å². The number of amides is 1. The van der Waals surface area contributed by atoms with E-state index in [1.165, 1.54) is 11.3 Å². The molecule has 1 atom stereocenters. The average molecular weight is 303 g/mol.